The fraction of sp³-hybridized carbons (Fsp3) is 0.259. The third-order valence-corrected chi connectivity index (χ3v) is 5.68. The topological polar surface area (TPSA) is 76.4 Å². The summed E-state index contributed by atoms with van der Waals surface area (Å²) in [5.41, 5.74) is 4.38. The highest BCUT2D eigenvalue weighted by atomic mass is 16.5. The second kappa shape index (κ2) is 9.88. The summed E-state index contributed by atoms with van der Waals surface area (Å²) in [6, 6.07) is 22.5. The normalized spacial score (nSPS) is 13.0. The number of aliphatic hydroxyl groups excluding tert-OH is 1. The summed E-state index contributed by atoms with van der Waals surface area (Å²) in [6.07, 6.45) is -0.752. The molecule has 0 unspecified atom stereocenters. The van der Waals surface area contributed by atoms with Gasteiger partial charge in [0.15, 0.2) is 0 Å². The van der Waals surface area contributed by atoms with Crippen molar-refractivity contribution in [2.45, 2.75) is 39.5 Å². The molecule has 0 spiro atoms. The standard InChI is InChI=1S/C27H29N3O3/c1-18-10-9-11-19(2)25(18)33-17-22(31)16-30-24-15-8-7-14-23(24)29-26(30)20(3)28-27(32)21-12-5-4-6-13-21/h4-15,20,22,31H,16-17H2,1-3H3,(H,28,32)/t20-,22-/m0/s1. The first-order valence-electron chi connectivity index (χ1n) is 11.1. The van der Waals surface area contributed by atoms with Crippen molar-refractivity contribution in [3.05, 3.63) is 95.3 Å². The predicted molar refractivity (Wildman–Crippen MR) is 129 cm³/mol. The van der Waals surface area contributed by atoms with Crippen molar-refractivity contribution < 1.29 is 14.6 Å². The van der Waals surface area contributed by atoms with Crippen LogP contribution < -0.4 is 10.1 Å². The largest absolute Gasteiger partial charge is 0.490 e. The summed E-state index contributed by atoms with van der Waals surface area (Å²) in [5.74, 6) is 1.32. The van der Waals surface area contributed by atoms with Crippen LogP contribution in [0.4, 0.5) is 0 Å². The summed E-state index contributed by atoms with van der Waals surface area (Å²) in [7, 11) is 0. The molecule has 1 amide bonds. The number of ether oxygens (including phenoxy) is 1. The second-order valence-electron chi connectivity index (χ2n) is 8.32. The summed E-state index contributed by atoms with van der Waals surface area (Å²) < 4.78 is 7.92. The number of carbonyl (C=O) groups excluding carboxylic acids is 1. The van der Waals surface area contributed by atoms with E-state index in [1.165, 1.54) is 0 Å². The number of amides is 1. The highest BCUT2D eigenvalue weighted by Gasteiger charge is 2.21. The molecule has 1 heterocycles. The molecule has 0 saturated carbocycles. The maximum absolute atomic E-state index is 12.7. The molecule has 0 aliphatic heterocycles. The predicted octanol–water partition coefficient (Wildman–Crippen LogP) is 4.58. The number of hydrogen-bond donors (Lipinski definition) is 2. The fourth-order valence-electron chi connectivity index (χ4n) is 4.02. The van der Waals surface area contributed by atoms with E-state index in [9.17, 15) is 9.90 Å². The minimum absolute atomic E-state index is 0.155. The first-order chi connectivity index (χ1) is 15.9. The molecule has 2 atom stereocenters. The van der Waals surface area contributed by atoms with Gasteiger partial charge in [0.1, 0.15) is 24.3 Å². The molecule has 33 heavy (non-hydrogen) atoms. The number of fused-ring (bicyclic) bond motifs is 1. The lowest BCUT2D eigenvalue weighted by Crippen LogP contribution is -2.31. The second-order valence-corrected chi connectivity index (χ2v) is 8.32. The number of benzene rings is 3. The number of imidazole rings is 1. The molecule has 6 heteroatoms. The number of rotatable bonds is 8. The number of nitrogens with zero attached hydrogens (tertiary/aromatic N) is 2. The Hall–Kier alpha value is -3.64. The van der Waals surface area contributed by atoms with E-state index in [2.05, 4.69) is 5.32 Å². The van der Waals surface area contributed by atoms with Crippen LogP contribution in [-0.4, -0.2) is 33.3 Å². The lowest BCUT2D eigenvalue weighted by molar-refractivity contribution is 0.0902. The number of aliphatic hydroxyl groups is 1. The monoisotopic (exact) mass is 443 g/mol. The molecule has 6 nitrogen and oxygen atoms in total. The van der Waals surface area contributed by atoms with Gasteiger partial charge in [-0.05, 0) is 56.2 Å². The van der Waals surface area contributed by atoms with Gasteiger partial charge in [-0.25, -0.2) is 4.98 Å². The Labute approximate surface area is 193 Å². The van der Waals surface area contributed by atoms with Gasteiger partial charge in [-0.2, -0.15) is 0 Å². The van der Waals surface area contributed by atoms with Crippen LogP contribution in [0.2, 0.25) is 0 Å². The number of nitrogens with one attached hydrogen (secondary N) is 1. The lowest BCUT2D eigenvalue weighted by atomic mass is 10.1. The Morgan fingerprint density at radius 1 is 1.00 bits per heavy atom. The third kappa shape index (κ3) is 5.07. The Morgan fingerprint density at radius 2 is 1.67 bits per heavy atom. The molecule has 0 radical (unpaired) electrons. The van der Waals surface area contributed by atoms with Gasteiger partial charge in [0, 0.05) is 5.56 Å². The van der Waals surface area contributed by atoms with Gasteiger partial charge < -0.3 is 19.7 Å². The zero-order chi connectivity index (χ0) is 23.4. The van der Waals surface area contributed by atoms with Gasteiger partial charge >= 0.3 is 0 Å². The first kappa shape index (κ1) is 22.6. The number of para-hydroxylation sites is 3. The number of aromatic nitrogens is 2. The Kier molecular flexibility index (Phi) is 6.75. The van der Waals surface area contributed by atoms with E-state index < -0.39 is 6.10 Å². The van der Waals surface area contributed by atoms with Crippen molar-refractivity contribution in [1.29, 1.82) is 0 Å². The van der Waals surface area contributed by atoms with Crippen LogP contribution in [0, 0.1) is 13.8 Å². The maximum Gasteiger partial charge on any atom is 0.251 e. The number of hydrogen-bond acceptors (Lipinski definition) is 4. The average Bonchev–Trinajstić information content (AvgIpc) is 3.18. The zero-order valence-electron chi connectivity index (χ0n) is 19.2. The van der Waals surface area contributed by atoms with Crippen molar-refractivity contribution in [3.8, 4) is 5.75 Å². The van der Waals surface area contributed by atoms with Crippen molar-refractivity contribution in [3.63, 3.8) is 0 Å². The molecule has 4 rings (SSSR count). The van der Waals surface area contributed by atoms with Gasteiger partial charge in [-0.15, -0.1) is 0 Å². The van der Waals surface area contributed by atoms with Crippen LogP contribution in [0.15, 0.2) is 72.8 Å². The summed E-state index contributed by atoms with van der Waals surface area (Å²) >= 11 is 0. The van der Waals surface area contributed by atoms with E-state index in [1.807, 2.05) is 86.0 Å². The molecular formula is C27H29N3O3. The van der Waals surface area contributed by atoms with Crippen molar-refractivity contribution >= 4 is 16.9 Å². The molecule has 0 bridgehead atoms. The average molecular weight is 444 g/mol. The molecule has 2 N–H and O–H groups in total. The lowest BCUT2D eigenvalue weighted by Gasteiger charge is -2.20. The number of carbonyl (C=O) groups is 1. The van der Waals surface area contributed by atoms with E-state index in [-0.39, 0.29) is 18.6 Å². The Morgan fingerprint density at radius 3 is 2.39 bits per heavy atom. The van der Waals surface area contributed by atoms with Crippen LogP contribution in [0.1, 0.15) is 40.3 Å². The Bertz CT molecular complexity index is 1230. The van der Waals surface area contributed by atoms with E-state index >= 15 is 0 Å². The summed E-state index contributed by atoms with van der Waals surface area (Å²) in [6.45, 7) is 6.34. The quantitative estimate of drug-likeness (QED) is 0.418. The molecule has 0 aliphatic carbocycles. The zero-order valence-corrected chi connectivity index (χ0v) is 19.2. The molecule has 0 fully saturated rings. The van der Waals surface area contributed by atoms with Crippen molar-refractivity contribution in [2.24, 2.45) is 0 Å². The van der Waals surface area contributed by atoms with Gasteiger partial charge in [0.25, 0.3) is 5.91 Å². The Balaban J connectivity index is 1.54. The van der Waals surface area contributed by atoms with Crippen molar-refractivity contribution in [1.82, 2.24) is 14.9 Å². The minimum atomic E-state index is -0.752. The van der Waals surface area contributed by atoms with E-state index in [4.69, 9.17) is 9.72 Å². The van der Waals surface area contributed by atoms with Gasteiger partial charge in [0.05, 0.1) is 23.6 Å². The number of aryl methyl sites for hydroxylation is 2. The van der Waals surface area contributed by atoms with Crippen molar-refractivity contribution in [2.75, 3.05) is 6.61 Å². The van der Waals surface area contributed by atoms with Gasteiger partial charge in [-0.1, -0.05) is 48.5 Å². The van der Waals surface area contributed by atoms with Crippen LogP contribution in [-0.2, 0) is 6.54 Å². The summed E-state index contributed by atoms with van der Waals surface area (Å²) in [5, 5.41) is 13.9. The highest BCUT2D eigenvalue weighted by Crippen LogP contribution is 2.24. The SMILES string of the molecule is Cc1cccc(C)c1OC[C@@H](O)Cn1c([C@H](C)NC(=O)c2ccccc2)nc2ccccc21. The van der Waals surface area contributed by atoms with Crippen LogP contribution in [0.3, 0.4) is 0 Å². The van der Waals surface area contributed by atoms with Crippen LogP contribution in [0.25, 0.3) is 11.0 Å². The van der Waals surface area contributed by atoms with Crippen LogP contribution in [0.5, 0.6) is 5.75 Å². The first-order valence-corrected chi connectivity index (χ1v) is 11.1. The summed E-state index contributed by atoms with van der Waals surface area (Å²) in [4.78, 5) is 17.4. The minimum Gasteiger partial charge on any atom is -0.490 e. The maximum atomic E-state index is 12.7. The smallest absolute Gasteiger partial charge is 0.251 e. The molecule has 1 aromatic heterocycles. The van der Waals surface area contributed by atoms with Gasteiger partial charge in [0.2, 0.25) is 0 Å². The molecule has 170 valence electrons. The van der Waals surface area contributed by atoms with Gasteiger partial charge in [-0.3, -0.25) is 4.79 Å². The molecule has 4 aromatic rings. The molecule has 3 aromatic carbocycles. The molecule has 0 saturated heterocycles. The fourth-order valence-corrected chi connectivity index (χ4v) is 4.02. The van der Waals surface area contributed by atoms with E-state index in [0.29, 0.717) is 17.9 Å². The molecule has 0 aliphatic rings. The third-order valence-electron chi connectivity index (χ3n) is 5.68. The van der Waals surface area contributed by atoms with E-state index in [0.717, 1.165) is 27.9 Å². The molecular weight excluding hydrogens is 414 g/mol. The highest BCUT2D eigenvalue weighted by molar-refractivity contribution is 5.94. The van der Waals surface area contributed by atoms with Crippen LogP contribution >= 0.6 is 0 Å². The van der Waals surface area contributed by atoms with E-state index in [1.54, 1.807) is 12.1 Å².